The summed E-state index contributed by atoms with van der Waals surface area (Å²) in [6, 6.07) is 0. The molecule has 0 aliphatic carbocycles. The highest BCUT2D eigenvalue weighted by atomic mass is 35.5. The normalized spacial score (nSPS) is 11.2. The van der Waals surface area contributed by atoms with Crippen LogP contribution in [-0.4, -0.2) is 31.2 Å². The molecular weight excluding hydrogens is 308 g/mol. The third-order valence-corrected chi connectivity index (χ3v) is 4.65. The molecular formula is C15H25ClN2O2S. The van der Waals surface area contributed by atoms with Crippen LogP contribution in [0.3, 0.4) is 0 Å². The van der Waals surface area contributed by atoms with Crippen molar-refractivity contribution in [1.82, 2.24) is 4.98 Å². The van der Waals surface area contributed by atoms with Crippen LogP contribution in [0.25, 0.3) is 0 Å². The van der Waals surface area contributed by atoms with Crippen molar-refractivity contribution in [3.63, 3.8) is 0 Å². The average Bonchev–Trinajstić information content (AvgIpc) is 2.79. The summed E-state index contributed by atoms with van der Waals surface area (Å²) in [7, 11) is 1.35. The number of hydrogen-bond donors (Lipinski definition) is 0. The van der Waals surface area contributed by atoms with Crippen molar-refractivity contribution in [3.05, 3.63) is 10.0 Å². The number of carbonyl (C=O) groups is 1. The molecule has 1 aromatic heterocycles. The van der Waals surface area contributed by atoms with E-state index in [4.69, 9.17) is 16.3 Å². The Morgan fingerprint density at radius 1 is 1.24 bits per heavy atom. The summed E-state index contributed by atoms with van der Waals surface area (Å²) in [5.74, 6) is 0.834. The maximum Gasteiger partial charge on any atom is 0.351 e. The minimum Gasteiger partial charge on any atom is -0.465 e. The summed E-state index contributed by atoms with van der Waals surface area (Å²) in [6.45, 7) is 10.7. The largest absolute Gasteiger partial charge is 0.465 e. The molecule has 0 radical (unpaired) electrons. The number of carbonyl (C=O) groups excluding carboxylic acids is 1. The van der Waals surface area contributed by atoms with Gasteiger partial charge in [-0.15, -0.1) is 0 Å². The van der Waals surface area contributed by atoms with Gasteiger partial charge in [0.15, 0.2) is 15.2 Å². The van der Waals surface area contributed by atoms with Crippen LogP contribution in [0.5, 0.6) is 0 Å². The van der Waals surface area contributed by atoms with Crippen molar-refractivity contribution >= 4 is 34.0 Å². The molecule has 0 aliphatic rings. The molecule has 0 atom stereocenters. The molecule has 0 aromatic carbocycles. The lowest BCUT2D eigenvalue weighted by atomic mass is 10.1. The highest BCUT2D eigenvalue weighted by molar-refractivity contribution is 7.18. The van der Waals surface area contributed by atoms with Crippen LogP contribution < -0.4 is 4.90 Å². The van der Waals surface area contributed by atoms with Crippen molar-refractivity contribution < 1.29 is 9.53 Å². The Morgan fingerprint density at radius 3 is 2.19 bits per heavy atom. The van der Waals surface area contributed by atoms with Crippen LogP contribution in [0.15, 0.2) is 0 Å². The molecule has 1 heterocycles. The van der Waals surface area contributed by atoms with Crippen LogP contribution >= 0.6 is 22.9 Å². The maximum atomic E-state index is 11.6. The smallest absolute Gasteiger partial charge is 0.351 e. The average molecular weight is 333 g/mol. The minimum atomic E-state index is -0.420. The highest BCUT2D eigenvalue weighted by Crippen LogP contribution is 2.31. The zero-order valence-corrected chi connectivity index (χ0v) is 15.1. The molecule has 0 spiro atoms. The summed E-state index contributed by atoms with van der Waals surface area (Å²) in [5, 5.41) is 1.04. The van der Waals surface area contributed by atoms with Gasteiger partial charge in [-0.05, 0) is 24.7 Å². The van der Waals surface area contributed by atoms with Gasteiger partial charge >= 0.3 is 5.97 Å². The molecule has 0 fully saturated rings. The fourth-order valence-corrected chi connectivity index (χ4v) is 3.03. The van der Waals surface area contributed by atoms with Gasteiger partial charge in [0.1, 0.15) is 0 Å². The number of ether oxygens (including phenoxy) is 1. The summed E-state index contributed by atoms with van der Waals surface area (Å²) in [4.78, 5) is 18.6. The van der Waals surface area contributed by atoms with Gasteiger partial charge in [-0.1, -0.05) is 50.6 Å². The van der Waals surface area contributed by atoms with Crippen LogP contribution in [-0.2, 0) is 4.74 Å². The van der Waals surface area contributed by atoms with E-state index in [0.29, 0.717) is 16.7 Å². The van der Waals surface area contributed by atoms with Gasteiger partial charge < -0.3 is 9.64 Å². The highest BCUT2D eigenvalue weighted by Gasteiger charge is 2.20. The van der Waals surface area contributed by atoms with Gasteiger partial charge in [0, 0.05) is 13.1 Å². The van der Waals surface area contributed by atoms with E-state index < -0.39 is 5.97 Å². The fraction of sp³-hybridized carbons (Fsp3) is 0.733. The number of halogens is 1. The van der Waals surface area contributed by atoms with E-state index in [2.05, 4.69) is 37.6 Å². The van der Waals surface area contributed by atoms with Crippen molar-refractivity contribution in [1.29, 1.82) is 0 Å². The SMILES string of the molecule is COC(=O)c1sc(N(CCC(C)C)CCC(C)C)nc1Cl. The number of rotatable bonds is 8. The monoisotopic (exact) mass is 332 g/mol. The van der Waals surface area contributed by atoms with Gasteiger partial charge in [0.25, 0.3) is 0 Å². The quantitative estimate of drug-likeness (QED) is 0.658. The topological polar surface area (TPSA) is 42.4 Å². The fourth-order valence-electron chi connectivity index (χ4n) is 1.78. The molecule has 0 aliphatic heterocycles. The summed E-state index contributed by atoms with van der Waals surface area (Å²) >= 11 is 7.37. The molecule has 0 amide bonds. The first-order valence-electron chi connectivity index (χ1n) is 7.34. The number of aromatic nitrogens is 1. The van der Waals surface area contributed by atoms with Crippen LogP contribution in [0.4, 0.5) is 5.13 Å². The zero-order chi connectivity index (χ0) is 16.0. The molecule has 0 saturated heterocycles. The molecule has 6 heteroatoms. The Labute approximate surface area is 136 Å². The second kappa shape index (κ2) is 8.59. The predicted molar refractivity (Wildman–Crippen MR) is 89.6 cm³/mol. The Balaban J connectivity index is 2.88. The maximum absolute atomic E-state index is 11.6. The van der Waals surface area contributed by atoms with Crippen molar-refractivity contribution in [2.75, 3.05) is 25.1 Å². The lowest BCUT2D eigenvalue weighted by Gasteiger charge is -2.23. The first-order chi connectivity index (χ1) is 9.85. The Morgan fingerprint density at radius 2 is 1.76 bits per heavy atom. The molecule has 1 rings (SSSR count). The Kier molecular flexibility index (Phi) is 7.46. The van der Waals surface area contributed by atoms with E-state index in [0.717, 1.165) is 31.1 Å². The van der Waals surface area contributed by atoms with Crippen molar-refractivity contribution in [2.24, 2.45) is 11.8 Å². The molecule has 0 unspecified atom stereocenters. The van der Waals surface area contributed by atoms with Gasteiger partial charge in [0.2, 0.25) is 0 Å². The van der Waals surface area contributed by atoms with Crippen molar-refractivity contribution in [2.45, 2.75) is 40.5 Å². The summed E-state index contributed by atoms with van der Waals surface area (Å²) < 4.78 is 4.74. The Hall–Kier alpha value is -0.810. The summed E-state index contributed by atoms with van der Waals surface area (Å²) in [6.07, 6.45) is 2.17. The van der Waals surface area contributed by atoms with Gasteiger partial charge in [-0.25, -0.2) is 9.78 Å². The first-order valence-corrected chi connectivity index (χ1v) is 8.54. The number of hydrogen-bond acceptors (Lipinski definition) is 5. The predicted octanol–water partition coefficient (Wildman–Crippen LogP) is 4.48. The van der Waals surface area contributed by atoms with Gasteiger partial charge in [-0.2, -0.15) is 0 Å². The zero-order valence-electron chi connectivity index (χ0n) is 13.5. The lowest BCUT2D eigenvalue weighted by molar-refractivity contribution is 0.0606. The van der Waals surface area contributed by atoms with Crippen molar-refractivity contribution in [3.8, 4) is 0 Å². The third kappa shape index (κ3) is 5.83. The number of thiazole rings is 1. The van der Waals surface area contributed by atoms with E-state index in [1.165, 1.54) is 18.4 Å². The molecule has 120 valence electrons. The number of anilines is 1. The van der Waals surface area contributed by atoms with E-state index in [9.17, 15) is 4.79 Å². The van der Waals surface area contributed by atoms with Gasteiger partial charge in [0.05, 0.1) is 7.11 Å². The molecule has 0 saturated carbocycles. The lowest BCUT2D eigenvalue weighted by Crippen LogP contribution is -2.27. The van der Waals surface area contributed by atoms with E-state index in [1.54, 1.807) is 0 Å². The number of nitrogens with zero attached hydrogens (tertiary/aromatic N) is 2. The summed E-state index contributed by atoms with van der Waals surface area (Å²) in [5.41, 5.74) is 0. The molecule has 21 heavy (non-hydrogen) atoms. The standard InChI is InChI=1S/C15H25ClN2O2S/c1-10(2)6-8-18(9-7-11(3)4)15-17-13(16)12(21-15)14(19)20-5/h10-11H,6-9H2,1-5H3. The Bertz CT molecular complexity index is 449. The molecule has 0 bridgehead atoms. The molecule has 1 aromatic rings. The van der Waals surface area contributed by atoms with E-state index in [-0.39, 0.29) is 5.15 Å². The third-order valence-electron chi connectivity index (χ3n) is 3.17. The van der Waals surface area contributed by atoms with Gasteiger partial charge in [-0.3, -0.25) is 0 Å². The molecule has 0 N–H and O–H groups in total. The first kappa shape index (κ1) is 18.2. The minimum absolute atomic E-state index is 0.237. The molecule has 4 nitrogen and oxygen atoms in total. The van der Waals surface area contributed by atoms with Crippen LogP contribution in [0.2, 0.25) is 5.15 Å². The number of esters is 1. The number of methoxy groups -OCH3 is 1. The van der Waals surface area contributed by atoms with Crippen LogP contribution in [0.1, 0.15) is 50.2 Å². The second-order valence-corrected chi connectivity index (χ2v) is 7.30. The van der Waals surface area contributed by atoms with E-state index in [1.807, 2.05) is 0 Å². The van der Waals surface area contributed by atoms with Crippen LogP contribution in [0, 0.1) is 11.8 Å². The van der Waals surface area contributed by atoms with E-state index >= 15 is 0 Å². The second-order valence-electron chi connectivity index (χ2n) is 5.96.